The first-order chi connectivity index (χ1) is 15.8. The number of benzene rings is 2. The van der Waals surface area contributed by atoms with E-state index in [1.165, 1.54) is 40.4 Å². The average Bonchev–Trinajstić information content (AvgIpc) is 2.75. The van der Waals surface area contributed by atoms with Gasteiger partial charge in [0.2, 0.25) is 5.75 Å². The fourth-order valence-electron chi connectivity index (χ4n) is 3.35. The van der Waals surface area contributed by atoms with Gasteiger partial charge in [-0.05, 0) is 70.9 Å². The summed E-state index contributed by atoms with van der Waals surface area (Å²) in [5.74, 6) is -0.259. The Hall–Kier alpha value is -2.78. The fourth-order valence-corrected chi connectivity index (χ4v) is 4.47. The predicted molar refractivity (Wildman–Crippen MR) is 128 cm³/mol. The molecule has 0 aliphatic heterocycles. The van der Waals surface area contributed by atoms with Gasteiger partial charge in [-0.1, -0.05) is 17.7 Å². The van der Waals surface area contributed by atoms with Gasteiger partial charge in [0.1, 0.15) is 5.60 Å². The summed E-state index contributed by atoms with van der Waals surface area (Å²) in [5, 5.41) is 0. The van der Waals surface area contributed by atoms with Gasteiger partial charge >= 0.3 is 5.97 Å². The van der Waals surface area contributed by atoms with Crippen molar-refractivity contribution in [1.82, 2.24) is 0 Å². The number of hydrogen-bond donors (Lipinski definition) is 0. The number of carbonyl (C=O) groups is 1. The molecule has 0 radical (unpaired) electrons. The molecule has 0 aliphatic carbocycles. The van der Waals surface area contributed by atoms with Crippen LogP contribution < -0.4 is 14.2 Å². The van der Waals surface area contributed by atoms with Crippen LogP contribution in [-0.4, -0.2) is 47.4 Å². The second-order valence-corrected chi connectivity index (χ2v) is 10.5. The maximum Gasteiger partial charge on any atom is 0.312 e. The molecular weight excluding hydrogens is 460 g/mol. The highest BCUT2D eigenvalue weighted by molar-refractivity contribution is 7.86. The molecule has 0 N–H and O–H groups in total. The number of rotatable bonds is 10. The van der Waals surface area contributed by atoms with E-state index in [-0.39, 0.29) is 11.3 Å². The summed E-state index contributed by atoms with van der Waals surface area (Å²) in [6.07, 6.45) is -0.892. The molecule has 2 atom stereocenters. The third-order valence-electron chi connectivity index (χ3n) is 5.04. The molecular formula is C25H34O8S. The summed E-state index contributed by atoms with van der Waals surface area (Å²) < 4.78 is 53.0. The van der Waals surface area contributed by atoms with Crippen molar-refractivity contribution in [1.29, 1.82) is 0 Å². The Labute approximate surface area is 202 Å². The van der Waals surface area contributed by atoms with E-state index < -0.39 is 33.7 Å². The molecule has 0 fully saturated rings. The maximum absolute atomic E-state index is 13.1. The molecule has 0 saturated heterocycles. The lowest BCUT2D eigenvalue weighted by molar-refractivity contribution is -0.162. The van der Waals surface area contributed by atoms with Crippen molar-refractivity contribution in [3.05, 3.63) is 47.5 Å². The third-order valence-corrected chi connectivity index (χ3v) is 6.45. The first-order valence-electron chi connectivity index (χ1n) is 10.8. The van der Waals surface area contributed by atoms with Gasteiger partial charge in [-0.3, -0.25) is 8.98 Å². The molecule has 9 heteroatoms. The zero-order chi connectivity index (χ0) is 25.7. The lowest BCUT2D eigenvalue weighted by atomic mass is 9.94. The molecule has 2 unspecified atom stereocenters. The van der Waals surface area contributed by atoms with E-state index >= 15 is 0 Å². The summed E-state index contributed by atoms with van der Waals surface area (Å²) in [7, 11) is 0.376. The minimum absolute atomic E-state index is 0.0145. The van der Waals surface area contributed by atoms with E-state index in [4.69, 9.17) is 23.1 Å². The Morgan fingerprint density at radius 2 is 1.47 bits per heavy atom. The number of aryl methyl sites for hydroxylation is 1. The molecule has 2 rings (SSSR count). The van der Waals surface area contributed by atoms with Crippen LogP contribution >= 0.6 is 0 Å². The Morgan fingerprint density at radius 1 is 0.941 bits per heavy atom. The lowest BCUT2D eigenvalue weighted by Crippen LogP contribution is -2.37. The van der Waals surface area contributed by atoms with Gasteiger partial charge in [0.15, 0.2) is 11.5 Å². The van der Waals surface area contributed by atoms with E-state index in [9.17, 15) is 13.2 Å². The van der Waals surface area contributed by atoms with Crippen LogP contribution in [0.2, 0.25) is 0 Å². The van der Waals surface area contributed by atoms with Crippen LogP contribution in [0.15, 0.2) is 41.3 Å². The topological polar surface area (TPSA) is 97.4 Å². The van der Waals surface area contributed by atoms with Gasteiger partial charge < -0.3 is 18.9 Å². The van der Waals surface area contributed by atoms with E-state index in [1.54, 1.807) is 45.0 Å². The van der Waals surface area contributed by atoms with Crippen LogP contribution in [0.1, 0.15) is 38.8 Å². The quantitative estimate of drug-likeness (QED) is 0.356. The second-order valence-electron chi connectivity index (χ2n) is 8.95. The predicted octanol–water partition coefficient (Wildman–Crippen LogP) is 4.32. The SMILES string of the molecule is COc1cc(CC(C(=O)OC(C)(C)C)C(C)OS(=O)(=O)c2ccc(C)cc2)cc(OC)c1OC. The minimum atomic E-state index is -4.10. The van der Waals surface area contributed by atoms with E-state index in [0.717, 1.165) is 5.56 Å². The maximum atomic E-state index is 13.1. The molecule has 34 heavy (non-hydrogen) atoms. The Balaban J connectivity index is 2.42. The zero-order valence-electron chi connectivity index (χ0n) is 21.0. The Bertz CT molecular complexity index is 1060. The summed E-state index contributed by atoms with van der Waals surface area (Å²) in [6, 6.07) is 9.72. The van der Waals surface area contributed by atoms with Crippen LogP contribution in [0.5, 0.6) is 17.2 Å². The Morgan fingerprint density at radius 3 is 1.91 bits per heavy atom. The molecule has 0 aromatic heterocycles. The van der Waals surface area contributed by atoms with Crippen molar-refractivity contribution in [3.63, 3.8) is 0 Å². The summed E-state index contributed by atoms with van der Waals surface area (Å²) >= 11 is 0. The number of esters is 1. The first-order valence-corrected chi connectivity index (χ1v) is 12.2. The van der Waals surface area contributed by atoms with Crippen molar-refractivity contribution in [2.24, 2.45) is 5.92 Å². The smallest absolute Gasteiger partial charge is 0.312 e. The number of hydrogen-bond acceptors (Lipinski definition) is 8. The third kappa shape index (κ3) is 7.11. The average molecular weight is 495 g/mol. The molecule has 8 nitrogen and oxygen atoms in total. The minimum Gasteiger partial charge on any atom is -0.493 e. The van der Waals surface area contributed by atoms with Crippen LogP contribution in [-0.2, 0) is 30.3 Å². The summed E-state index contributed by atoms with van der Waals surface area (Å²) in [4.78, 5) is 13.1. The molecule has 0 aliphatic rings. The van der Waals surface area contributed by atoms with Crippen LogP contribution in [0.4, 0.5) is 0 Å². The van der Waals surface area contributed by atoms with Crippen molar-refractivity contribution < 1.29 is 36.3 Å². The monoisotopic (exact) mass is 494 g/mol. The van der Waals surface area contributed by atoms with Crippen molar-refractivity contribution >= 4 is 16.1 Å². The largest absolute Gasteiger partial charge is 0.493 e. The fraction of sp³-hybridized carbons (Fsp3) is 0.480. The molecule has 0 bridgehead atoms. The molecule has 0 amide bonds. The number of carbonyl (C=O) groups excluding carboxylic acids is 1. The van der Waals surface area contributed by atoms with Gasteiger partial charge in [-0.25, -0.2) is 0 Å². The van der Waals surface area contributed by atoms with Crippen LogP contribution in [0, 0.1) is 12.8 Å². The molecule has 0 heterocycles. The van der Waals surface area contributed by atoms with E-state index in [2.05, 4.69) is 0 Å². The normalized spacial score (nSPS) is 13.6. The van der Waals surface area contributed by atoms with E-state index in [1.807, 2.05) is 6.92 Å². The first kappa shape index (κ1) is 27.5. The van der Waals surface area contributed by atoms with Gasteiger partial charge in [0.25, 0.3) is 10.1 Å². The molecule has 2 aromatic carbocycles. The van der Waals surface area contributed by atoms with Crippen molar-refractivity contribution in [2.45, 2.75) is 57.6 Å². The van der Waals surface area contributed by atoms with Gasteiger partial charge in [0.05, 0.1) is 38.2 Å². The van der Waals surface area contributed by atoms with Gasteiger partial charge in [-0.15, -0.1) is 0 Å². The summed E-state index contributed by atoms with van der Waals surface area (Å²) in [5.41, 5.74) is 0.815. The Kier molecular flexibility index (Phi) is 8.96. The second kappa shape index (κ2) is 11.1. The lowest BCUT2D eigenvalue weighted by Gasteiger charge is -2.27. The molecule has 0 spiro atoms. The van der Waals surface area contributed by atoms with Gasteiger partial charge in [0, 0.05) is 0 Å². The molecule has 0 saturated carbocycles. The van der Waals surface area contributed by atoms with Crippen molar-refractivity contribution in [3.8, 4) is 17.2 Å². The highest BCUT2D eigenvalue weighted by Gasteiger charge is 2.34. The highest BCUT2D eigenvalue weighted by atomic mass is 32.2. The number of ether oxygens (including phenoxy) is 4. The van der Waals surface area contributed by atoms with E-state index in [0.29, 0.717) is 22.8 Å². The zero-order valence-corrected chi connectivity index (χ0v) is 21.8. The molecule has 2 aromatic rings. The highest BCUT2D eigenvalue weighted by Crippen LogP contribution is 2.39. The molecule has 188 valence electrons. The van der Waals surface area contributed by atoms with Crippen LogP contribution in [0.25, 0.3) is 0 Å². The van der Waals surface area contributed by atoms with Gasteiger partial charge in [-0.2, -0.15) is 8.42 Å². The summed E-state index contributed by atoms with van der Waals surface area (Å²) in [6.45, 7) is 8.63. The van der Waals surface area contributed by atoms with Crippen molar-refractivity contribution in [2.75, 3.05) is 21.3 Å². The van der Waals surface area contributed by atoms with Crippen LogP contribution in [0.3, 0.4) is 0 Å². The standard InChI is InChI=1S/C25H34O8S/c1-16-9-11-19(12-10-16)34(27,28)33-17(2)20(24(26)32-25(3,4)5)13-18-14-21(29-6)23(31-8)22(15-18)30-7/h9-12,14-15,17,20H,13H2,1-8H3. The number of methoxy groups -OCH3 is 3.